The van der Waals surface area contributed by atoms with Crippen molar-refractivity contribution in [3.8, 4) is 5.75 Å². The minimum atomic E-state index is -3.70. The summed E-state index contributed by atoms with van der Waals surface area (Å²) in [6.45, 7) is 0.291. The van der Waals surface area contributed by atoms with Crippen molar-refractivity contribution in [3.05, 3.63) is 59.7 Å². The number of nitrogens with one attached hydrogen (secondary N) is 2. The highest BCUT2D eigenvalue weighted by atomic mass is 35.5. The van der Waals surface area contributed by atoms with Crippen LogP contribution in [-0.2, 0) is 16.4 Å². The molecule has 1 aliphatic rings. The molecule has 2 aromatic carbocycles. The molecule has 2 aromatic rings. The normalized spacial score (nSPS) is 16.5. The maximum atomic E-state index is 12.5. The van der Waals surface area contributed by atoms with Crippen LogP contribution in [0.1, 0.15) is 17.2 Å². The standard InChI is InChI=1S/C18H20F2N2O3S.ClH/c19-18(20)12-25-14-5-7-15(8-6-14)26(23,24)22-11-17-16-4-2-1-3-13(16)9-10-21-17;/h1-8,17-18,21-22H,9-12H2;1H. The second-order valence-corrected chi connectivity index (χ2v) is 7.75. The van der Waals surface area contributed by atoms with Crippen LogP contribution in [0.5, 0.6) is 5.75 Å². The lowest BCUT2D eigenvalue weighted by Gasteiger charge is -2.27. The fourth-order valence-electron chi connectivity index (χ4n) is 2.93. The number of hydrogen-bond acceptors (Lipinski definition) is 4. The molecule has 0 saturated heterocycles. The number of sulfonamides is 1. The van der Waals surface area contributed by atoms with Crippen LogP contribution in [0.3, 0.4) is 0 Å². The number of halogens is 3. The second-order valence-electron chi connectivity index (χ2n) is 5.98. The molecule has 0 spiro atoms. The van der Waals surface area contributed by atoms with Crippen LogP contribution in [0.2, 0.25) is 0 Å². The van der Waals surface area contributed by atoms with E-state index in [2.05, 4.69) is 16.1 Å². The summed E-state index contributed by atoms with van der Waals surface area (Å²) < 4.78 is 56.7. The van der Waals surface area contributed by atoms with Crippen molar-refractivity contribution in [2.45, 2.75) is 23.8 Å². The molecule has 0 aliphatic carbocycles. The average Bonchev–Trinajstić information content (AvgIpc) is 2.65. The van der Waals surface area contributed by atoms with E-state index in [9.17, 15) is 17.2 Å². The number of fused-ring (bicyclic) bond motifs is 1. The van der Waals surface area contributed by atoms with Crippen LogP contribution in [0.4, 0.5) is 8.78 Å². The topological polar surface area (TPSA) is 67.4 Å². The van der Waals surface area contributed by atoms with E-state index in [1.807, 2.05) is 18.2 Å². The highest BCUT2D eigenvalue weighted by molar-refractivity contribution is 7.89. The molecule has 1 aliphatic heterocycles. The predicted molar refractivity (Wildman–Crippen MR) is 101 cm³/mol. The Morgan fingerprint density at radius 2 is 1.85 bits per heavy atom. The van der Waals surface area contributed by atoms with E-state index in [1.54, 1.807) is 0 Å². The van der Waals surface area contributed by atoms with Gasteiger partial charge >= 0.3 is 0 Å². The number of benzene rings is 2. The van der Waals surface area contributed by atoms with Crippen molar-refractivity contribution < 1.29 is 21.9 Å². The largest absolute Gasteiger partial charge is 0.488 e. The van der Waals surface area contributed by atoms with Crippen LogP contribution >= 0.6 is 12.4 Å². The van der Waals surface area contributed by atoms with Gasteiger partial charge in [-0.05, 0) is 48.4 Å². The van der Waals surface area contributed by atoms with Crippen LogP contribution in [-0.4, -0.2) is 34.5 Å². The van der Waals surface area contributed by atoms with Gasteiger partial charge in [-0.3, -0.25) is 0 Å². The van der Waals surface area contributed by atoms with E-state index in [0.717, 1.165) is 18.5 Å². The molecule has 0 saturated carbocycles. The zero-order valence-corrected chi connectivity index (χ0v) is 16.0. The first-order chi connectivity index (χ1) is 12.5. The van der Waals surface area contributed by atoms with Gasteiger partial charge in [0.15, 0.2) is 0 Å². The van der Waals surface area contributed by atoms with E-state index in [-0.39, 0.29) is 35.6 Å². The van der Waals surface area contributed by atoms with E-state index in [1.165, 1.54) is 29.8 Å². The molecule has 1 unspecified atom stereocenters. The van der Waals surface area contributed by atoms with Crippen molar-refractivity contribution in [1.29, 1.82) is 0 Å². The molecule has 9 heteroatoms. The summed E-state index contributed by atoms with van der Waals surface area (Å²) in [4.78, 5) is 0.0611. The fourth-order valence-corrected chi connectivity index (χ4v) is 3.97. The van der Waals surface area contributed by atoms with Gasteiger partial charge < -0.3 is 10.1 Å². The third kappa shape index (κ3) is 5.62. The van der Waals surface area contributed by atoms with Gasteiger partial charge in [0.05, 0.1) is 4.90 Å². The molecule has 2 N–H and O–H groups in total. The Kier molecular flexibility index (Phi) is 7.55. The predicted octanol–water partition coefficient (Wildman–Crippen LogP) is 2.92. The van der Waals surface area contributed by atoms with Gasteiger partial charge in [-0.25, -0.2) is 21.9 Å². The fraction of sp³-hybridized carbons (Fsp3) is 0.333. The van der Waals surface area contributed by atoms with Crippen LogP contribution < -0.4 is 14.8 Å². The highest BCUT2D eigenvalue weighted by Crippen LogP contribution is 2.23. The van der Waals surface area contributed by atoms with E-state index in [0.29, 0.717) is 0 Å². The van der Waals surface area contributed by atoms with Gasteiger partial charge in [0, 0.05) is 12.6 Å². The SMILES string of the molecule is Cl.O=S(=O)(NCC1NCCc2ccccc21)c1ccc(OCC(F)F)cc1. The number of alkyl halides is 2. The molecule has 1 heterocycles. The Bertz CT molecular complexity index is 848. The monoisotopic (exact) mass is 418 g/mol. The third-order valence-corrected chi connectivity index (χ3v) is 5.64. The average molecular weight is 419 g/mol. The molecule has 5 nitrogen and oxygen atoms in total. The highest BCUT2D eigenvalue weighted by Gasteiger charge is 2.22. The zero-order valence-electron chi connectivity index (χ0n) is 14.4. The second kappa shape index (κ2) is 9.45. The minimum absolute atomic E-state index is 0. The molecule has 3 rings (SSSR count). The molecule has 0 aromatic heterocycles. The maximum Gasteiger partial charge on any atom is 0.272 e. The Labute approximate surface area is 163 Å². The summed E-state index contributed by atoms with van der Waals surface area (Å²) in [6.07, 6.45) is -1.66. The number of hydrogen-bond donors (Lipinski definition) is 2. The lowest BCUT2D eigenvalue weighted by atomic mass is 9.95. The molecule has 0 fully saturated rings. The summed E-state index contributed by atoms with van der Waals surface area (Å²) in [5, 5.41) is 3.32. The van der Waals surface area contributed by atoms with Crippen LogP contribution in [0.25, 0.3) is 0 Å². The van der Waals surface area contributed by atoms with Crippen LogP contribution in [0, 0.1) is 0 Å². The number of rotatable bonds is 7. The lowest BCUT2D eigenvalue weighted by molar-refractivity contribution is 0.0819. The van der Waals surface area contributed by atoms with Gasteiger partial charge in [-0.15, -0.1) is 12.4 Å². The Morgan fingerprint density at radius 1 is 1.15 bits per heavy atom. The quantitative estimate of drug-likeness (QED) is 0.725. The van der Waals surface area contributed by atoms with E-state index in [4.69, 9.17) is 4.74 Å². The summed E-state index contributed by atoms with van der Waals surface area (Å²) in [6, 6.07) is 13.3. The molecule has 0 amide bonds. The lowest BCUT2D eigenvalue weighted by Crippen LogP contribution is -2.38. The van der Waals surface area contributed by atoms with Gasteiger partial charge in [-0.2, -0.15) is 0 Å². The first kappa shape index (κ1) is 21.6. The maximum absolute atomic E-state index is 12.5. The first-order valence-electron chi connectivity index (χ1n) is 8.27. The van der Waals surface area contributed by atoms with Gasteiger partial charge in [0.25, 0.3) is 6.43 Å². The smallest absolute Gasteiger partial charge is 0.272 e. The van der Waals surface area contributed by atoms with Gasteiger partial charge in [0.2, 0.25) is 10.0 Å². The van der Waals surface area contributed by atoms with Crippen molar-refractivity contribution in [2.24, 2.45) is 0 Å². The summed E-state index contributed by atoms with van der Waals surface area (Å²) in [5.41, 5.74) is 2.31. The zero-order chi connectivity index (χ0) is 18.6. The number of ether oxygens (including phenoxy) is 1. The third-order valence-electron chi connectivity index (χ3n) is 4.20. The molecule has 0 radical (unpaired) electrons. The first-order valence-corrected chi connectivity index (χ1v) is 9.76. The van der Waals surface area contributed by atoms with E-state index < -0.39 is 23.1 Å². The molecule has 148 valence electrons. The Balaban J connectivity index is 0.00000261. The molecular weight excluding hydrogens is 398 g/mol. The molecule has 27 heavy (non-hydrogen) atoms. The molecule has 1 atom stereocenters. The van der Waals surface area contributed by atoms with Crippen molar-refractivity contribution in [2.75, 3.05) is 19.7 Å². The Hall–Kier alpha value is -1.74. The summed E-state index contributed by atoms with van der Waals surface area (Å²) in [7, 11) is -3.70. The van der Waals surface area contributed by atoms with Crippen molar-refractivity contribution in [1.82, 2.24) is 10.0 Å². The Morgan fingerprint density at radius 3 is 2.56 bits per heavy atom. The van der Waals surface area contributed by atoms with Gasteiger partial charge in [0.1, 0.15) is 12.4 Å². The van der Waals surface area contributed by atoms with Crippen molar-refractivity contribution in [3.63, 3.8) is 0 Å². The molecule has 0 bridgehead atoms. The van der Waals surface area contributed by atoms with Gasteiger partial charge in [-0.1, -0.05) is 24.3 Å². The van der Waals surface area contributed by atoms with Crippen molar-refractivity contribution >= 4 is 22.4 Å². The minimum Gasteiger partial charge on any atom is -0.488 e. The van der Waals surface area contributed by atoms with Crippen LogP contribution in [0.15, 0.2) is 53.4 Å². The summed E-state index contributed by atoms with van der Waals surface area (Å²) in [5.74, 6) is 0.201. The molecular formula is C18H21ClF2N2O3S. The summed E-state index contributed by atoms with van der Waals surface area (Å²) >= 11 is 0. The van der Waals surface area contributed by atoms with E-state index >= 15 is 0 Å².